The molecule has 0 aliphatic heterocycles. The van der Waals surface area contributed by atoms with Crippen molar-refractivity contribution in [1.82, 2.24) is 9.78 Å². The summed E-state index contributed by atoms with van der Waals surface area (Å²) in [4.78, 5) is 11.9. The van der Waals surface area contributed by atoms with E-state index in [2.05, 4.69) is 15.2 Å². The van der Waals surface area contributed by atoms with Gasteiger partial charge in [-0.1, -0.05) is 0 Å². The predicted molar refractivity (Wildman–Crippen MR) is 103 cm³/mol. The minimum atomic E-state index is -2.91. The smallest absolute Gasteiger partial charge is 0.387 e. The number of nitrogens with one attached hydrogen (secondary N) is 2. The Balaban J connectivity index is 1.85. The number of amides is 1. The fourth-order valence-electron chi connectivity index (χ4n) is 3.60. The molecular weight excluding hydrogens is 384 g/mol. The van der Waals surface area contributed by atoms with Crippen LogP contribution in [0.3, 0.4) is 0 Å². The first kappa shape index (κ1) is 20.7. The molecule has 29 heavy (non-hydrogen) atoms. The second-order valence-electron chi connectivity index (χ2n) is 7.09. The largest absolute Gasteiger partial charge is 0.435 e. The summed E-state index contributed by atoms with van der Waals surface area (Å²) in [6.07, 6.45) is 2.72. The van der Waals surface area contributed by atoms with Crippen molar-refractivity contribution >= 4 is 23.1 Å². The standard InChI is InChI=1S/C19H23F2N5O3/c1-10(22)14-8-12(27)4-7-16(14)26-9-15(17(23)28)18(25-26)24-11-2-5-13(6-3-11)29-19(20)21/h2-3,5-6,9,12,14,16,19,22,27H,4,7-8H2,1H3,(H2,23,28)(H,24,25)/t12-,14+,16-/m0/s1. The molecule has 1 aromatic heterocycles. The van der Waals surface area contributed by atoms with Crippen molar-refractivity contribution in [3.05, 3.63) is 36.0 Å². The van der Waals surface area contributed by atoms with Crippen LogP contribution in [0.25, 0.3) is 0 Å². The number of alkyl halides is 2. The molecule has 1 fully saturated rings. The van der Waals surface area contributed by atoms with E-state index in [1.54, 1.807) is 11.6 Å². The Morgan fingerprint density at radius 1 is 1.38 bits per heavy atom. The SMILES string of the molecule is CC(=N)[C@H]1C[C@@H](O)CC[C@@H]1n1cc(C(N)=O)c(Nc2ccc(OC(F)F)cc2)n1. The number of carbonyl (C=O) groups is 1. The first-order valence-corrected chi connectivity index (χ1v) is 9.18. The fourth-order valence-corrected chi connectivity index (χ4v) is 3.60. The number of carbonyl (C=O) groups excluding carboxylic acids is 1. The number of aliphatic hydroxyl groups excluding tert-OH is 1. The van der Waals surface area contributed by atoms with Gasteiger partial charge in [0.1, 0.15) is 11.3 Å². The van der Waals surface area contributed by atoms with E-state index in [0.29, 0.717) is 30.7 Å². The van der Waals surface area contributed by atoms with Crippen molar-refractivity contribution in [1.29, 1.82) is 5.41 Å². The van der Waals surface area contributed by atoms with E-state index in [1.807, 2.05) is 0 Å². The van der Waals surface area contributed by atoms with Crippen LogP contribution < -0.4 is 15.8 Å². The minimum absolute atomic E-state index is 0.0104. The van der Waals surface area contributed by atoms with Gasteiger partial charge in [0.15, 0.2) is 5.82 Å². The molecule has 2 aromatic rings. The van der Waals surface area contributed by atoms with Gasteiger partial charge in [0, 0.05) is 23.5 Å². The quantitative estimate of drug-likeness (QED) is 0.525. The number of hydrogen-bond acceptors (Lipinski definition) is 6. The van der Waals surface area contributed by atoms with Gasteiger partial charge in [-0.2, -0.15) is 13.9 Å². The molecule has 1 amide bonds. The van der Waals surface area contributed by atoms with Gasteiger partial charge in [-0.25, -0.2) is 0 Å². The summed E-state index contributed by atoms with van der Waals surface area (Å²) in [5.41, 5.74) is 6.61. The Morgan fingerprint density at radius 2 is 2.07 bits per heavy atom. The van der Waals surface area contributed by atoms with E-state index in [-0.39, 0.29) is 29.1 Å². The van der Waals surface area contributed by atoms with Gasteiger partial charge in [-0.15, -0.1) is 0 Å². The molecule has 0 saturated heterocycles. The maximum atomic E-state index is 12.3. The zero-order valence-electron chi connectivity index (χ0n) is 15.8. The number of aliphatic hydroxyl groups is 1. The first-order valence-electron chi connectivity index (χ1n) is 9.18. The van der Waals surface area contributed by atoms with Gasteiger partial charge in [0.2, 0.25) is 0 Å². The number of primary amides is 1. The number of nitrogens with two attached hydrogens (primary N) is 1. The monoisotopic (exact) mass is 407 g/mol. The third kappa shape index (κ3) is 4.89. The molecular formula is C19H23F2N5O3. The van der Waals surface area contributed by atoms with Crippen LogP contribution >= 0.6 is 0 Å². The van der Waals surface area contributed by atoms with E-state index < -0.39 is 18.6 Å². The number of aromatic nitrogens is 2. The van der Waals surface area contributed by atoms with Crippen LogP contribution in [0.15, 0.2) is 30.5 Å². The number of rotatable bonds is 7. The highest BCUT2D eigenvalue weighted by Gasteiger charge is 2.33. The highest BCUT2D eigenvalue weighted by Crippen LogP contribution is 2.36. The zero-order chi connectivity index (χ0) is 21.1. The maximum absolute atomic E-state index is 12.3. The molecule has 5 N–H and O–H groups in total. The molecule has 1 aliphatic carbocycles. The molecule has 0 radical (unpaired) electrons. The van der Waals surface area contributed by atoms with Crippen LogP contribution in [0.2, 0.25) is 0 Å². The van der Waals surface area contributed by atoms with Crippen molar-refractivity contribution in [2.24, 2.45) is 11.7 Å². The average molecular weight is 407 g/mol. The predicted octanol–water partition coefficient (Wildman–Crippen LogP) is 3.07. The van der Waals surface area contributed by atoms with E-state index in [1.165, 1.54) is 30.5 Å². The van der Waals surface area contributed by atoms with E-state index in [9.17, 15) is 18.7 Å². The fraction of sp³-hybridized carbons (Fsp3) is 0.421. The van der Waals surface area contributed by atoms with Crippen LogP contribution in [0.5, 0.6) is 5.75 Å². The molecule has 1 aliphatic rings. The highest BCUT2D eigenvalue weighted by atomic mass is 19.3. The van der Waals surface area contributed by atoms with Crippen LogP contribution in [-0.4, -0.2) is 39.2 Å². The first-order chi connectivity index (χ1) is 13.7. The Bertz CT molecular complexity index is 884. The normalized spacial score (nSPS) is 21.8. The molecule has 10 heteroatoms. The lowest BCUT2D eigenvalue weighted by atomic mass is 9.80. The molecule has 0 unspecified atom stereocenters. The minimum Gasteiger partial charge on any atom is -0.435 e. The van der Waals surface area contributed by atoms with Gasteiger partial charge in [0.25, 0.3) is 5.91 Å². The van der Waals surface area contributed by atoms with E-state index in [4.69, 9.17) is 11.1 Å². The summed E-state index contributed by atoms with van der Waals surface area (Å²) >= 11 is 0. The topological polar surface area (TPSA) is 126 Å². The zero-order valence-corrected chi connectivity index (χ0v) is 15.8. The second kappa shape index (κ2) is 8.56. The van der Waals surface area contributed by atoms with Crippen molar-refractivity contribution in [2.75, 3.05) is 5.32 Å². The Labute approximate surface area is 166 Å². The number of benzene rings is 1. The summed E-state index contributed by atoms with van der Waals surface area (Å²) in [7, 11) is 0. The lowest BCUT2D eigenvalue weighted by Gasteiger charge is -2.33. The highest BCUT2D eigenvalue weighted by molar-refractivity contribution is 5.98. The second-order valence-corrected chi connectivity index (χ2v) is 7.09. The van der Waals surface area contributed by atoms with Crippen molar-refractivity contribution in [3.8, 4) is 5.75 Å². The molecule has 0 bridgehead atoms. The summed E-state index contributed by atoms with van der Waals surface area (Å²) in [5.74, 6) is -0.628. The van der Waals surface area contributed by atoms with Crippen LogP contribution in [0.1, 0.15) is 42.6 Å². The number of halogens is 2. The van der Waals surface area contributed by atoms with Gasteiger partial charge in [0.05, 0.1) is 12.1 Å². The lowest BCUT2D eigenvalue weighted by molar-refractivity contribution is -0.0498. The summed E-state index contributed by atoms with van der Waals surface area (Å²) in [5, 5.41) is 25.4. The Morgan fingerprint density at radius 3 is 2.66 bits per heavy atom. The van der Waals surface area contributed by atoms with Gasteiger partial charge in [-0.3, -0.25) is 9.48 Å². The number of nitrogens with zero attached hydrogens (tertiary/aromatic N) is 2. The summed E-state index contributed by atoms with van der Waals surface area (Å²) in [6, 6.07) is 5.59. The van der Waals surface area contributed by atoms with Crippen LogP contribution in [0.4, 0.5) is 20.3 Å². The third-order valence-electron chi connectivity index (χ3n) is 5.02. The van der Waals surface area contributed by atoms with Crippen molar-refractivity contribution in [2.45, 2.75) is 44.9 Å². The Kier molecular flexibility index (Phi) is 6.12. The molecule has 3 atom stereocenters. The van der Waals surface area contributed by atoms with Crippen LogP contribution in [-0.2, 0) is 0 Å². The molecule has 8 nitrogen and oxygen atoms in total. The molecule has 156 valence electrons. The number of ether oxygens (including phenoxy) is 1. The Hall–Kier alpha value is -3.01. The molecule has 1 saturated carbocycles. The van der Waals surface area contributed by atoms with Gasteiger partial charge >= 0.3 is 6.61 Å². The molecule has 3 rings (SSSR count). The lowest BCUT2D eigenvalue weighted by Crippen LogP contribution is -2.34. The van der Waals surface area contributed by atoms with Gasteiger partial charge < -0.3 is 26.3 Å². The van der Waals surface area contributed by atoms with Crippen molar-refractivity contribution in [3.63, 3.8) is 0 Å². The summed E-state index contributed by atoms with van der Waals surface area (Å²) in [6.45, 7) is -1.22. The van der Waals surface area contributed by atoms with Gasteiger partial charge in [-0.05, 0) is 50.5 Å². The maximum Gasteiger partial charge on any atom is 0.387 e. The van der Waals surface area contributed by atoms with E-state index >= 15 is 0 Å². The number of anilines is 2. The molecule has 1 heterocycles. The average Bonchev–Trinajstić information content (AvgIpc) is 3.06. The van der Waals surface area contributed by atoms with E-state index in [0.717, 1.165) is 0 Å². The summed E-state index contributed by atoms with van der Waals surface area (Å²) < 4.78 is 30.5. The molecule has 1 aromatic carbocycles. The molecule has 0 spiro atoms. The third-order valence-corrected chi connectivity index (χ3v) is 5.02. The van der Waals surface area contributed by atoms with Crippen LogP contribution in [0, 0.1) is 11.3 Å². The number of hydrogen-bond donors (Lipinski definition) is 4. The van der Waals surface area contributed by atoms with Crippen molar-refractivity contribution < 1.29 is 23.4 Å².